The number of nitrogens with one attached hydrogen (secondary N) is 4. The summed E-state index contributed by atoms with van der Waals surface area (Å²) >= 11 is 1.43. The minimum absolute atomic E-state index is 0.122. The number of hydrogen-bond donors (Lipinski definition) is 5. The lowest BCUT2D eigenvalue weighted by Gasteiger charge is -2.27. The lowest BCUT2D eigenvalue weighted by molar-refractivity contribution is -0.493. The quantitative estimate of drug-likeness (QED) is 0.332. The van der Waals surface area contributed by atoms with Crippen LogP contribution in [0.2, 0.25) is 0 Å². The van der Waals surface area contributed by atoms with E-state index in [9.17, 15) is 19.2 Å². The predicted molar refractivity (Wildman–Crippen MR) is 161 cm³/mol. The van der Waals surface area contributed by atoms with Crippen molar-refractivity contribution in [3.8, 4) is 11.3 Å². The first-order chi connectivity index (χ1) is 19.6. The monoisotopic (exact) mass is 600 g/mol. The first-order valence-corrected chi connectivity index (χ1v) is 14.9. The molecule has 0 saturated carbocycles. The first kappa shape index (κ1) is 32.6. The number of aromatic nitrogens is 2. The van der Waals surface area contributed by atoms with Crippen LogP contribution in [0.5, 0.6) is 0 Å². The van der Waals surface area contributed by atoms with Gasteiger partial charge in [-0.25, -0.2) is 9.78 Å². The largest absolute Gasteiger partial charge is 0.444 e. The molecular weight excluding hydrogens is 558 g/mol. The maximum atomic E-state index is 13.3. The summed E-state index contributed by atoms with van der Waals surface area (Å²) in [4.78, 5) is 56.6. The molecule has 3 rings (SSSR count). The Hall–Kier alpha value is -3.87. The second kappa shape index (κ2) is 13.9. The van der Waals surface area contributed by atoms with Crippen LogP contribution in [0.25, 0.3) is 11.3 Å². The van der Waals surface area contributed by atoms with E-state index in [1.54, 1.807) is 46.9 Å². The fraction of sp³-hybridized carbons (Fsp3) is 0.517. The number of fused-ring (bicyclic) bond motifs is 5. The highest BCUT2D eigenvalue weighted by Gasteiger charge is 2.30. The summed E-state index contributed by atoms with van der Waals surface area (Å²) in [6.45, 7) is 13.0. The molecule has 0 saturated heterocycles. The molecule has 6 N–H and O–H groups in total. The highest BCUT2D eigenvalue weighted by Crippen LogP contribution is 2.25. The van der Waals surface area contributed by atoms with E-state index >= 15 is 0 Å². The van der Waals surface area contributed by atoms with Crippen LogP contribution >= 0.6 is 11.9 Å². The van der Waals surface area contributed by atoms with E-state index in [0.29, 0.717) is 29.4 Å². The topological polar surface area (TPSA) is 168 Å². The van der Waals surface area contributed by atoms with Gasteiger partial charge in [-0.2, -0.15) is 0 Å². The van der Waals surface area contributed by atoms with Crippen molar-refractivity contribution in [1.29, 1.82) is 0 Å². The van der Waals surface area contributed by atoms with Gasteiger partial charge in [0.05, 0.1) is 5.75 Å². The lowest BCUT2D eigenvalue weighted by Crippen LogP contribution is -2.56. The Labute approximate surface area is 251 Å². The second-order valence-corrected chi connectivity index (χ2v) is 12.7. The van der Waals surface area contributed by atoms with Crippen molar-refractivity contribution in [1.82, 2.24) is 26.3 Å². The van der Waals surface area contributed by atoms with Gasteiger partial charge in [-0.05, 0) is 64.2 Å². The van der Waals surface area contributed by atoms with Crippen molar-refractivity contribution in [2.75, 3.05) is 24.6 Å². The molecule has 228 valence electrons. The number of anilines is 1. The molecule has 0 aliphatic carbocycles. The maximum Gasteiger partial charge on any atom is 0.408 e. The van der Waals surface area contributed by atoms with Crippen LogP contribution in [0.15, 0.2) is 24.5 Å². The number of carbonyl (C=O) groups is 4. The molecule has 42 heavy (non-hydrogen) atoms. The number of rotatable bonds is 4. The molecule has 1 aliphatic rings. The summed E-state index contributed by atoms with van der Waals surface area (Å²) in [6, 6.07) is 1.83. The number of aryl methyl sites for hydroxylation is 2. The molecular formula is C29H42N7O5S+. The predicted octanol–water partition coefficient (Wildman–Crippen LogP) is 2.02. The van der Waals surface area contributed by atoms with Gasteiger partial charge in [-0.1, -0.05) is 19.9 Å². The number of nitrogens with zero attached hydrogens (tertiary/aromatic N) is 2. The van der Waals surface area contributed by atoms with Gasteiger partial charge in [0.25, 0.3) is 5.91 Å². The van der Waals surface area contributed by atoms with Crippen LogP contribution in [0.1, 0.15) is 62.5 Å². The molecule has 13 heteroatoms. The molecule has 4 amide bonds. The molecule has 0 radical (unpaired) electrons. The summed E-state index contributed by atoms with van der Waals surface area (Å²) in [6.07, 6.45) is 2.93. The van der Waals surface area contributed by atoms with Crippen LogP contribution in [-0.2, 0) is 14.3 Å². The third kappa shape index (κ3) is 9.07. The van der Waals surface area contributed by atoms with Crippen LogP contribution in [-0.4, -0.2) is 65.3 Å². The number of benzene rings is 1. The van der Waals surface area contributed by atoms with Crippen LogP contribution < -0.4 is 31.0 Å². The Morgan fingerprint density at radius 2 is 1.79 bits per heavy atom. The van der Waals surface area contributed by atoms with Gasteiger partial charge in [0.1, 0.15) is 23.4 Å². The van der Waals surface area contributed by atoms with Crippen molar-refractivity contribution in [3.05, 3.63) is 41.2 Å². The van der Waals surface area contributed by atoms with E-state index in [2.05, 4.69) is 26.3 Å². The van der Waals surface area contributed by atoms with E-state index < -0.39 is 35.6 Å². The first-order valence-electron chi connectivity index (χ1n) is 13.9. The molecule has 1 aliphatic heterocycles. The SMILES string of the molecule is Cc1cc(C)c2cc1C(=O)NCC[C@@H](NC(=O)C(NC(=O)OC(C)(C)C)C(C)C)C(=O)NCCS[n+]1cc(N)nc-2c1. The molecule has 1 unspecified atom stereocenters. The highest BCUT2D eigenvalue weighted by molar-refractivity contribution is 7.92. The van der Waals surface area contributed by atoms with Gasteiger partial charge < -0.3 is 31.7 Å². The standard InChI is InChI=1S/C29H41N7O5S/c1-16(2)24(35-28(40)41-29(5,6)7)27(39)34-21-8-9-31-25(37)20-13-19(17(3)12-18(20)4)22-14-36(15-23(30)33-22)42-11-10-32-26(21)38/h12-16,21,24H,8-11H2,1-7H3,(H5-,30,31,32,33,34,35,37,38,39,40)/p+1/t21-,24?/m1/s1. The third-order valence-corrected chi connectivity index (χ3v) is 7.36. The van der Waals surface area contributed by atoms with Gasteiger partial charge in [-0.15, -0.1) is 3.97 Å². The fourth-order valence-electron chi connectivity index (χ4n) is 4.44. The lowest BCUT2D eigenvalue weighted by atomic mass is 9.97. The summed E-state index contributed by atoms with van der Waals surface area (Å²) in [5.41, 5.74) is 8.98. The van der Waals surface area contributed by atoms with Crippen molar-refractivity contribution < 1.29 is 27.9 Å². The molecule has 0 spiro atoms. The summed E-state index contributed by atoms with van der Waals surface area (Å²) < 4.78 is 7.13. The van der Waals surface area contributed by atoms with Gasteiger partial charge in [-0.3, -0.25) is 14.4 Å². The summed E-state index contributed by atoms with van der Waals surface area (Å²) in [5, 5.41) is 11.1. The normalized spacial score (nSPS) is 17.1. The van der Waals surface area contributed by atoms with Crippen molar-refractivity contribution in [3.63, 3.8) is 0 Å². The Bertz CT molecular complexity index is 1340. The Morgan fingerprint density at radius 1 is 1.10 bits per heavy atom. The second-order valence-electron chi connectivity index (χ2n) is 11.6. The minimum Gasteiger partial charge on any atom is -0.444 e. The molecule has 12 nitrogen and oxygen atoms in total. The van der Waals surface area contributed by atoms with Crippen molar-refractivity contribution in [2.24, 2.45) is 5.92 Å². The maximum absolute atomic E-state index is 13.3. The average Bonchev–Trinajstić information content (AvgIpc) is 2.86. The zero-order valence-electron chi connectivity index (χ0n) is 25.3. The Morgan fingerprint density at radius 3 is 2.45 bits per heavy atom. The smallest absolute Gasteiger partial charge is 0.408 e. The van der Waals surface area contributed by atoms with Gasteiger partial charge in [0.15, 0.2) is 17.8 Å². The molecule has 1 aromatic heterocycles. The van der Waals surface area contributed by atoms with Crippen LogP contribution in [0.3, 0.4) is 0 Å². The summed E-state index contributed by atoms with van der Waals surface area (Å²) in [5.74, 6) is -0.692. The molecule has 2 aromatic rings. The Balaban J connectivity index is 1.84. The number of ether oxygens (including phenoxy) is 1. The van der Waals surface area contributed by atoms with Crippen molar-refractivity contribution in [2.45, 2.75) is 72.6 Å². The zero-order chi connectivity index (χ0) is 31.2. The molecule has 4 bridgehead atoms. The molecule has 1 aromatic carbocycles. The third-order valence-electron chi connectivity index (χ3n) is 6.47. The molecule has 0 fully saturated rings. The van der Waals surface area contributed by atoms with Gasteiger partial charge >= 0.3 is 6.09 Å². The minimum atomic E-state index is -0.956. The number of nitrogen functional groups attached to an aromatic ring is 1. The Kier molecular flexibility index (Phi) is 10.8. The average molecular weight is 601 g/mol. The zero-order valence-corrected chi connectivity index (χ0v) is 26.1. The fourth-order valence-corrected chi connectivity index (χ4v) is 5.20. The van der Waals surface area contributed by atoms with E-state index in [1.807, 2.05) is 30.1 Å². The van der Waals surface area contributed by atoms with E-state index in [4.69, 9.17) is 10.5 Å². The van der Waals surface area contributed by atoms with Crippen LogP contribution in [0.4, 0.5) is 10.6 Å². The highest BCUT2D eigenvalue weighted by atomic mass is 32.2. The van der Waals surface area contributed by atoms with E-state index in [1.165, 1.54) is 11.9 Å². The number of hydrogen-bond acceptors (Lipinski definition) is 8. The van der Waals surface area contributed by atoms with Crippen LogP contribution in [0, 0.1) is 19.8 Å². The molecule has 2 heterocycles. The van der Waals surface area contributed by atoms with Gasteiger partial charge in [0.2, 0.25) is 24.2 Å². The number of amides is 4. The van der Waals surface area contributed by atoms with E-state index in [0.717, 1.165) is 16.7 Å². The number of alkyl carbamates (subject to hydrolysis) is 1. The van der Waals surface area contributed by atoms with Gasteiger partial charge in [0, 0.05) is 24.2 Å². The number of carbonyl (C=O) groups excluding carboxylic acids is 4. The van der Waals surface area contributed by atoms with E-state index in [-0.39, 0.29) is 24.8 Å². The summed E-state index contributed by atoms with van der Waals surface area (Å²) in [7, 11) is 0. The van der Waals surface area contributed by atoms with Crippen molar-refractivity contribution >= 4 is 41.6 Å². The molecule has 2 atom stereocenters. The number of nitrogens with two attached hydrogens (primary N) is 1.